The molecule has 0 aliphatic heterocycles. The number of carbonyl (C=O) groups is 1. The number of imidazole rings is 1. The predicted octanol–water partition coefficient (Wildman–Crippen LogP) is 3.25. The van der Waals surface area contributed by atoms with Crippen LogP contribution in [0.5, 0.6) is 0 Å². The van der Waals surface area contributed by atoms with Crippen LogP contribution in [-0.2, 0) is 11.2 Å². The van der Waals surface area contributed by atoms with Crippen molar-refractivity contribution in [2.45, 2.75) is 12.8 Å². The van der Waals surface area contributed by atoms with Gasteiger partial charge < -0.3 is 10.1 Å². The van der Waals surface area contributed by atoms with E-state index in [0.29, 0.717) is 6.42 Å². The highest BCUT2D eigenvalue weighted by molar-refractivity contribution is 5.79. The molecule has 0 saturated heterocycles. The van der Waals surface area contributed by atoms with E-state index in [-0.39, 0.29) is 6.42 Å². The summed E-state index contributed by atoms with van der Waals surface area (Å²) < 4.78 is 0. The number of rotatable bonds is 4. The maximum Gasteiger partial charge on any atom is 0.303 e. The van der Waals surface area contributed by atoms with Crippen LogP contribution in [-0.4, -0.2) is 21.0 Å². The van der Waals surface area contributed by atoms with E-state index >= 15 is 0 Å². The molecule has 0 radical (unpaired) electrons. The Balaban J connectivity index is 1.85. The van der Waals surface area contributed by atoms with Crippen molar-refractivity contribution in [2.75, 3.05) is 0 Å². The van der Waals surface area contributed by atoms with Gasteiger partial charge in [-0.1, -0.05) is 36.4 Å². The van der Waals surface area contributed by atoms with Gasteiger partial charge in [0, 0.05) is 12.0 Å². The van der Waals surface area contributed by atoms with Crippen LogP contribution in [0.2, 0.25) is 0 Å². The van der Waals surface area contributed by atoms with Crippen molar-refractivity contribution in [3.05, 3.63) is 54.1 Å². The van der Waals surface area contributed by atoms with E-state index in [1.165, 1.54) is 0 Å². The van der Waals surface area contributed by atoms with Gasteiger partial charge in [-0.25, -0.2) is 4.98 Å². The SMILES string of the molecule is O=C(O)CCc1ccc(-c2nc3ccccc3[nH]2)cc1. The molecule has 0 amide bonds. The Morgan fingerprint density at radius 3 is 2.55 bits per heavy atom. The zero-order valence-corrected chi connectivity index (χ0v) is 10.8. The first-order chi connectivity index (χ1) is 9.72. The largest absolute Gasteiger partial charge is 0.481 e. The smallest absolute Gasteiger partial charge is 0.303 e. The lowest BCUT2D eigenvalue weighted by molar-refractivity contribution is -0.136. The Morgan fingerprint density at radius 2 is 1.85 bits per heavy atom. The number of carboxylic acids is 1. The minimum Gasteiger partial charge on any atom is -0.481 e. The molecule has 100 valence electrons. The summed E-state index contributed by atoms with van der Waals surface area (Å²) in [4.78, 5) is 18.4. The summed E-state index contributed by atoms with van der Waals surface area (Å²) in [5.74, 6) is 0.0577. The molecule has 1 heterocycles. The number of nitrogens with zero attached hydrogens (tertiary/aromatic N) is 1. The van der Waals surface area contributed by atoms with Crippen LogP contribution in [0.1, 0.15) is 12.0 Å². The maximum absolute atomic E-state index is 10.5. The molecule has 2 aromatic carbocycles. The molecule has 0 saturated carbocycles. The zero-order chi connectivity index (χ0) is 13.9. The van der Waals surface area contributed by atoms with E-state index in [1.807, 2.05) is 48.5 Å². The molecule has 4 heteroatoms. The minimum absolute atomic E-state index is 0.157. The summed E-state index contributed by atoms with van der Waals surface area (Å²) in [5, 5.41) is 8.67. The van der Waals surface area contributed by atoms with Crippen molar-refractivity contribution < 1.29 is 9.90 Å². The molecule has 2 N–H and O–H groups in total. The number of nitrogens with one attached hydrogen (secondary N) is 1. The van der Waals surface area contributed by atoms with Gasteiger partial charge in [0.15, 0.2) is 0 Å². The molecular formula is C16H14N2O2. The number of aromatic nitrogens is 2. The zero-order valence-electron chi connectivity index (χ0n) is 10.8. The minimum atomic E-state index is -0.772. The van der Waals surface area contributed by atoms with Crippen LogP contribution in [0, 0.1) is 0 Å². The van der Waals surface area contributed by atoms with Crippen molar-refractivity contribution in [3.63, 3.8) is 0 Å². The number of aromatic amines is 1. The second kappa shape index (κ2) is 5.17. The summed E-state index contributed by atoms with van der Waals surface area (Å²) in [6.45, 7) is 0. The van der Waals surface area contributed by atoms with Crippen molar-refractivity contribution in [2.24, 2.45) is 0 Å². The molecule has 0 unspecified atom stereocenters. The lowest BCUT2D eigenvalue weighted by Gasteiger charge is -2.00. The van der Waals surface area contributed by atoms with Gasteiger partial charge in [0.2, 0.25) is 0 Å². The van der Waals surface area contributed by atoms with E-state index in [1.54, 1.807) is 0 Å². The molecule has 3 rings (SSSR count). The molecule has 1 aromatic heterocycles. The van der Waals surface area contributed by atoms with Crippen LogP contribution in [0.15, 0.2) is 48.5 Å². The highest BCUT2D eigenvalue weighted by Gasteiger charge is 2.05. The average molecular weight is 266 g/mol. The monoisotopic (exact) mass is 266 g/mol. The number of H-pyrrole nitrogens is 1. The number of aliphatic carboxylic acids is 1. The highest BCUT2D eigenvalue weighted by atomic mass is 16.4. The highest BCUT2D eigenvalue weighted by Crippen LogP contribution is 2.20. The molecule has 0 aliphatic carbocycles. The Bertz CT molecular complexity index is 712. The fourth-order valence-electron chi connectivity index (χ4n) is 2.17. The third kappa shape index (κ3) is 2.54. The van der Waals surface area contributed by atoms with Gasteiger partial charge in [-0.3, -0.25) is 4.79 Å². The van der Waals surface area contributed by atoms with Crippen molar-refractivity contribution in [1.82, 2.24) is 9.97 Å². The fourth-order valence-corrected chi connectivity index (χ4v) is 2.17. The number of benzene rings is 2. The van der Waals surface area contributed by atoms with Gasteiger partial charge in [-0.05, 0) is 24.1 Å². The van der Waals surface area contributed by atoms with Gasteiger partial charge in [0.1, 0.15) is 5.82 Å². The van der Waals surface area contributed by atoms with Crippen molar-refractivity contribution in [3.8, 4) is 11.4 Å². The summed E-state index contributed by atoms with van der Waals surface area (Å²) in [6.07, 6.45) is 0.708. The maximum atomic E-state index is 10.5. The molecular weight excluding hydrogens is 252 g/mol. The van der Waals surface area contributed by atoms with E-state index in [2.05, 4.69) is 9.97 Å². The molecule has 3 aromatic rings. The summed E-state index contributed by atoms with van der Waals surface area (Å²) in [7, 11) is 0. The second-order valence-corrected chi connectivity index (χ2v) is 4.69. The van der Waals surface area contributed by atoms with Gasteiger partial charge in [0.05, 0.1) is 11.0 Å². The summed E-state index contributed by atoms with van der Waals surface area (Å²) in [6, 6.07) is 15.7. The summed E-state index contributed by atoms with van der Waals surface area (Å²) >= 11 is 0. The van der Waals surface area contributed by atoms with Gasteiger partial charge in [0.25, 0.3) is 0 Å². The van der Waals surface area contributed by atoms with Crippen LogP contribution >= 0.6 is 0 Å². The van der Waals surface area contributed by atoms with Gasteiger partial charge in [-0.15, -0.1) is 0 Å². The van der Waals surface area contributed by atoms with Gasteiger partial charge >= 0.3 is 5.97 Å². The van der Waals surface area contributed by atoms with E-state index in [0.717, 1.165) is 28.0 Å². The molecule has 20 heavy (non-hydrogen) atoms. The van der Waals surface area contributed by atoms with E-state index in [9.17, 15) is 4.79 Å². The third-order valence-electron chi connectivity index (χ3n) is 3.24. The Labute approximate surface area is 116 Å². The first-order valence-electron chi connectivity index (χ1n) is 6.48. The molecule has 4 nitrogen and oxygen atoms in total. The molecule has 0 aliphatic rings. The number of fused-ring (bicyclic) bond motifs is 1. The van der Waals surface area contributed by atoms with Crippen LogP contribution in [0.4, 0.5) is 0 Å². The molecule has 0 bridgehead atoms. The first-order valence-corrected chi connectivity index (χ1v) is 6.48. The van der Waals surface area contributed by atoms with E-state index < -0.39 is 5.97 Å². The van der Waals surface area contributed by atoms with Crippen LogP contribution < -0.4 is 0 Å². The Morgan fingerprint density at radius 1 is 1.10 bits per heavy atom. The van der Waals surface area contributed by atoms with Crippen LogP contribution in [0.3, 0.4) is 0 Å². The second-order valence-electron chi connectivity index (χ2n) is 4.69. The number of aryl methyl sites for hydroxylation is 1. The van der Waals surface area contributed by atoms with Crippen molar-refractivity contribution >= 4 is 17.0 Å². The standard InChI is InChI=1S/C16H14N2O2/c19-15(20)10-7-11-5-8-12(9-6-11)16-17-13-3-1-2-4-14(13)18-16/h1-6,8-9H,7,10H2,(H,17,18)(H,19,20). The average Bonchev–Trinajstić information content (AvgIpc) is 2.89. The third-order valence-corrected chi connectivity index (χ3v) is 3.24. The fraction of sp³-hybridized carbons (Fsp3) is 0.125. The molecule has 0 fully saturated rings. The van der Waals surface area contributed by atoms with Gasteiger partial charge in [-0.2, -0.15) is 0 Å². The van der Waals surface area contributed by atoms with Crippen LogP contribution in [0.25, 0.3) is 22.4 Å². The molecule has 0 spiro atoms. The normalized spacial score (nSPS) is 10.8. The first kappa shape index (κ1) is 12.4. The number of para-hydroxylation sites is 2. The van der Waals surface area contributed by atoms with E-state index in [4.69, 9.17) is 5.11 Å². The number of hydrogen-bond donors (Lipinski definition) is 2. The Hall–Kier alpha value is -2.62. The van der Waals surface area contributed by atoms with Crippen molar-refractivity contribution in [1.29, 1.82) is 0 Å². The quantitative estimate of drug-likeness (QED) is 0.761. The Kier molecular flexibility index (Phi) is 3.21. The number of hydrogen-bond acceptors (Lipinski definition) is 2. The number of carboxylic acid groups (broad SMARTS) is 1. The molecule has 0 atom stereocenters. The lowest BCUT2D eigenvalue weighted by atomic mass is 10.1. The predicted molar refractivity (Wildman–Crippen MR) is 77.5 cm³/mol. The summed E-state index contributed by atoms with van der Waals surface area (Å²) in [5.41, 5.74) is 3.97. The topological polar surface area (TPSA) is 66.0 Å². The lowest BCUT2D eigenvalue weighted by Crippen LogP contribution is -1.97.